The highest BCUT2D eigenvalue weighted by Gasteiger charge is 2.44. The van der Waals surface area contributed by atoms with Crippen LogP contribution in [0, 0.1) is 0 Å². The van der Waals surface area contributed by atoms with Gasteiger partial charge in [-0.2, -0.15) is 0 Å². The van der Waals surface area contributed by atoms with Crippen LogP contribution in [0.5, 0.6) is 0 Å². The van der Waals surface area contributed by atoms with Crippen LogP contribution in [0.15, 0.2) is 36.5 Å². The van der Waals surface area contributed by atoms with Gasteiger partial charge in [-0.1, -0.05) is 108 Å². The SMILES string of the molecule is CCCC/C=C\C/C=C\CCCCCCCC(=O)NC(COC1OC(CO)C(O)C(O)C1O)C(O)/C=C/CCCCCCC. The molecule has 1 heterocycles. The third-order valence-corrected chi connectivity index (χ3v) is 7.96. The van der Waals surface area contributed by atoms with E-state index in [-0.39, 0.29) is 12.5 Å². The van der Waals surface area contributed by atoms with E-state index in [2.05, 4.69) is 43.5 Å². The smallest absolute Gasteiger partial charge is 0.220 e. The first-order valence-corrected chi connectivity index (χ1v) is 17.2. The van der Waals surface area contributed by atoms with Gasteiger partial charge in [-0.25, -0.2) is 0 Å². The van der Waals surface area contributed by atoms with Gasteiger partial charge < -0.3 is 40.3 Å². The summed E-state index contributed by atoms with van der Waals surface area (Å²) in [5, 5.41) is 53.5. The number of carbonyl (C=O) groups is 1. The Morgan fingerprint density at radius 2 is 1.36 bits per heavy atom. The van der Waals surface area contributed by atoms with Crippen molar-refractivity contribution in [2.24, 2.45) is 0 Å². The zero-order valence-corrected chi connectivity index (χ0v) is 27.4. The first kappa shape index (κ1) is 40.4. The monoisotopic (exact) mass is 625 g/mol. The van der Waals surface area contributed by atoms with Gasteiger partial charge in [-0.3, -0.25) is 4.79 Å². The third-order valence-electron chi connectivity index (χ3n) is 7.96. The van der Waals surface area contributed by atoms with Crippen LogP contribution in [0.4, 0.5) is 0 Å². The molecule has 1 saturated heterocycles. The maximum Gasteiger partial charge on any atom is 0.220 e. The quantitative estimate of drug-likeness (QED) is 0.0582. The summed E-state index contributed by atoms with van der Waals surface area (Å²) in [7, 11) is 0. The number of hydrogen-bond donors (Lipinski definition) is 6. The summed E-state index contributed by atoms with van der Waals surface area (Å²) in [6.07, 6.45) is 22.0. The summed E-state index contributed by atoms with van der Waals surface area (Å²) in [6, 6.07) is -0.806. The molecule has 9 nitrogen and oxygen atoms in total. The largest absolute Gasteiger partial charge is 0.394 e. The Hall–Kier alpha value is -1.59. The molecule has 256 valence electrons. The molecule has 1 amide bonds. The predicted octanol–water partition coefficient (Wildman–Crippen LogP) is 4.99. The Labute approximate surface area is 266 Å². The molecular formula is C35H63NO8. The Morgan fingerprint density at radius 3 is 2.02 bits per heavy atom. The van der Waals surface area contributed by atoms with Crippen LogP contribution >= 0.6 is 0 Å². The minimum absolute atomic E-state index is 0.196. The van der Waals surface area contributed by atoms with Crippen molar-refractivity contribution in [2.75, 3.05) is 13.2 Å². The maximum absolute atomic E-state index is 12.8. The average molecular weight is 626 g/mol. The number of hydrogen-bond acceptors (Lipinski definition) is 8. The number of aliphatic hydroxyl groups excluding tert-OH is 5. The molecule has 44 heavy (non-hydrogen) atoms. The van der Waals surface area contributed by atoms with Crippen LogP contribution in [0.2, 0.25) is 0 Å². The van der Waals surface area contributed by atoms with Crippen molar-refractivity contribution in [2.45, 2.75) is 166 Å². The van der Waals surface area contributed by atoms with Gasteiger partial charge in [-0.05, 0) is 44.9 Å². The molecule has 0 saturated carbocycles. The number of nitrogens with one attached hydrogen (secondary N) is 1. The highest BCUT2D eigenvalue weighted by atomic mass is 16.7. The fourth-order valence-electron chi connectivity index (χ4n) is 5.05. The number of allylic oxidation sites excluding steroid dienone is 5. The van der Waals surface area contributed by atoms with E-state index in [0.717, 1.165) is 70.6 Å². The van der Waals surface area contributed by atoms with Gasteiger partial charge in [0.15, 0.2) is 6.29 Å². The third kappa shape index (κ3) is 18.4. The molecule has 6 N–H and O–H groups in total. The highest BCUT2D eigenvalue weighted by Crippen LogP contribution is 2.22. The van der Waals surface area contributed by atoms with Crippen molar-refractivity contribution in [3.05, 3.63) is 36.5 Å². The summed E-state index contributed by atoms with van der Waals surface area (Å²) >= 11 is 0. The second-order valence-corrected chi connectivity index (χ2v) is 12.0. The summed E-state index contributed by atoms with van der Waals surface area (Å²) in [6.45, 7) is 3.61. The molecule has 0 aromatic carbocycles. The standard InChI is InChI=1S/C35H63NO8/c1-3-5-7-9-11-12-13-14-15-16-17-19-21-23-25-31(39)36-28(29(38)24-22-20-18-10-8-6-4-2)27-43-35-34(42)33(41)32(40)30(26-37)44-35/h9,11,13-14,22,24,28-30,32-35,37-38,40-42H,3-8,10,12,15-21,23,25-27H2,1-2H3,(H,36,39)/b11-9-,14-13-,24-22+. The molecule has 0 aromatic heterocycles. The lowest BCUT2D eigenvalue weighted by atomic mass is 9.99. The fourth-order valence-corrected chi connectivity index (χ4v) is 5.05. The number of ether oxygens (including phenoxy) is 2. The Bertz CT molecular complexity index is 787. The molecule has 0 spiro atoms. The van der Waals surface area contributed by atoms with E-state index in [1.165, 1.54) is 32.1 Å². The van der Waals surface area contributed by atoms with Crippen LogP contribution < -0.4 is 5.32 Å². The molecule has 7 unspecified atom stereocenters. The van der Waals surface area contributed by atoms with Gasteiger partial charge >= 0.3 is 0 Å². The molecular weight excluding hydrogens is 562 g/mol. The zero-order chi connectivity index (χ0) is 32.4. The first-order chi connectivity index (χ1) is 21.3. The van der Waals surface area contributed by atoms with E-state index in [1.807, 2.05) is 6.08 Å². The number of rotatable bonds is 26. The second-order valence-electron chi connectivity index (χ2n) is 12.0. The van der Waals surface area contributed by atoms with Gasteiger partial charge in [-0.15, -0.1) is 0 Å². The van der Waals surface area contributed by atoms with Crippen molar-refractivity contribution in [1.29, 1.82) is 0 Å². The molecule has 0 radical (unpaired) electrons. The van der Waals surface area contributed by atoms with Crippen molar-refractivity contribution < 1.29 is 39.8 Å². The average Bonchev–Trinajstić information content (AvgIpc) is 3.02. The molecule has 0 bridgehead atoms. The maximum atomic E-state index is 12.8. The first-order valence-electron chi connectivity index (χ1n) is 17.2. The summed E-state index contributed by atoms with van der Waals surface area (Å²) in [5.74, 6) is -0.200. The molecule has 1 rings (SSSR count). The number of amides is 1. The second kappa shape index (κ2) is 26.6. The van der Waals surface area contributed by atoms with Gasteiger partial charge in [0.05, 0.1) is 25.4 Å². The van der Waals surface area contributed by atoms with Gasteiger partial charge in [0.25, 0.3) is 0 Å². The predicted molar refractivity (Wildman–Crippen MR) is 175 cm³/mol. The van der Waals surface area contributed by atoms with E-state index in [9.17, 15) is 30.3 Å². The van der Waals surface area contributed by atoms with E-state index in [0.29, 0.717) is 6.42 Å². The molecule has 1 fully saturated rings. The lowest BCUT2D eigenvalue weighted by Gasteiger charge is -2.40. The van der Waals surface area contributed by atoms with E-state index in [4.69, 9.17) is 9.47 Å². The summed E-state index contributed by atoms with van der Waals surface area (Å²) < 4.78 is 11.1. The molecule has 0 aliphatic carbocycles. The fraction of sp³-hybridized carbons (Fsp3) is 0.800. The van der Waals surface area contributed by atoms with Crippen LogP contribution in [0.1, 0.15) is 123 Å². The zero-order valence-electron chi connectivity index (χ0n) is 27.4. The van der Waals surface area contributed by atoms with Gasteiger partial charge in [0, 0.05) is 6.42 Å². The number of unbranched alkanes of at least 4 members (excludes halogenated alkanes) is 12. The lowest BCUT2D eigenvalue weighted by molar-refractivity contribution is -0.302. The van der Waals surface area contributed by atoms with Crippen molar-refractivity contribution in [1.82, 2.24) is 5.32 Å². The lowest BCUT2D eigenvalue weighted by Crippen LogP contribution is -2.60. The molecule has 1 aliphatic rings. The topological polar surface area (TPSA) is 149 Å². The summed E-state index contributed by atoms with van der Waals surface area (Å²) in [5.41, 5.74) is 0. The van der Waals surface area contributed by atoms with E-state index in [1.54, 1.807) is 6.08 Å². The van der Waals surface area contributed by atoms with Crippen molar-refractivity contribution >= 4 is 5.91 Å². The van der Waals surface area contributed by atoms with Crippen LogP contribution in [-0.4, -0.2) is 87.5 Å². The van der Waals surface area contributed by atoms with E-state index < -0.39 is 49.5 Å². The number of carbonyl (C=O) groups excluding carboxylic acids is 1. The Kier molecular flexibility index (Phi) is 24.5. The van der Waals surface area contributed by atoms with Crippen LogP contribution in [-0.2, 0) is 14.3 Å². The highest BCUT2D eigenvalue weighted by molar-refractivity contribution is 5.76. The van der Waals surface area contributed by atoms with E-state index >= 15 is 0 Å². The number of aliphatic hydroxyl groups is 5. The van der Waals surface area contributed by atoms with Gasteiger partial charge in [0.1, 0.15) is 24.4 Å². The van der Waals surface area contributed by atoms with Crippen LogP contribution in [0.25, 0.3) is 0 Å². The minimum Gasteiger partial charge on any atom is -0.394 e. The molecule has 0 aromatic rings. The van der Waals surface area contributed by atoms with Gasteiger partial charge in [0.2, 0.25) is 5.91 Å². The minimum atomic E-state index is -1.56. The normalized spacial score (nSPS) is 24.0. The Morgan fingerprint density at radius 1 is 0.773 bits per heavy atom. The van der Waals surface area contributed by atoms with Crippen molar-refractivity contribution in [3.63, 3.8) is 0 Å². The molecule has 1 aliphatic heterocycles. The molecule has 9 heteroatoms. The Balaban J connectivity index is 2.48. The summed E-state index contributed by atoms with van der Waals surface area (Å²) in [4.78, 5) is 12.8. The van der Waals surface area contributed by atoms with Crippen molar-refractivity contribution in [3.8, 4) is 0 Å². The van der Waals surface area contributed by atoms with Crippen LogP contribution in [0.3, 0.4) is 0 Å². The molecule has 7 atom stereocenters.